The second-order valence-electron chi connectivity index (χ2n) is 15.0. The van der Waals surface area contributed by atoms with E-state index >= 15 is 0 Å². The minimum atomic E-state index is -2.79. The molecule has 0 aromatic heterocycles. The first kappa shape index (κ1) is 29.5. The minimum Gasteiger partial charge on any atom is -0.469 e. The number of aliphatic hydroxyl groups is 3. The van der Waals surface area contributed by atoms with Crippen LogP contribution < -0.4 is 0 Å². The molecule has 0 aromatic rings. The quantitative estimate of drug-likeness (QED) is 0.205. The van der Waals surface area contributed by atoms with Crippen molar-refractivity contribution in [2.45, 2.75) is 99.9 Å². The molecule has 6 heterocycles. The first-order valence-corrected chi connectivity index (χ1v) is 15.9. The summed E-state index contributed by atoms with van der Waals surface area (Å²) >= 11 is 0. The Morgan fingerprint density at radius 2 is 1.89 bits per heavy atom. The van der Waals surface area contributed by atoms with Crippen molar-refractivity contribution in [2.24, 2.45) is 34.0 Å². The van der Waals surface area contributed by atoms with Crippen LogP contribution in [0, 0.1) is 34.0 Å². The molecule has 4 bridgehead atoms. The van der Waals surface area contributed by atoms with Gasteiger partial charge in [-0.05, 0) is 33.3 Å². The van der Waals surface area contributed by atoms with Gasteiger partial charge in [0.25, 0.3) is 5.79 Å². The second kappa shape index (κ2) is 8.33. The van der Waals surface area contributed by atoms with E-state index in [1.54, 1.807) is 32.9 Å². The first-order valence-electron chi connectivity index (χ1n) is 15.9. The molecule has 250 valence electrons. The fourth-order valence-corrected chi connectivity index (χ4v) is 12.3. The van der Waals surface area contributed by atoms with E-state index in [2.05, 4.69) is 0 Å². The van der Waals surface area contributed by atoms with E-state index in [-0.39, 0.29) is 24.5 Å². The summed E-state index contributed by atoms with van der Waals surface area (Å²) in [6, 6.07) is 0. The molecular formula is C32H38O14. The number of carbonyl (C=O) groups excluding carboxylic acids is 3. The fraction of sp³-hybridized carbons (Fsp3) is 0.781. The minimum absolute atomic E-state index is 0.225. The summed E-state index contributed by atoms with van der Waals surface area (Å²) in [5.41, 5.74) is -8.53. The molecule has 0 unspecified atom stereocenters. The molecule has 3 N–H and O–H groups in total. The number of carbonyl (C=O) groups is 3. The first-order chi connectivity index (χ1) is 21.7. The number of esters is 3. The van der Waals surface area contributed by atoms with E-state index in [0.29, 0.717) is 6.42 Å². The highest BCUT2D eigenvalue weighted by Gasteiger charge is 2.97. The standard InChI is InChI=1S/C32H38O14/c1-6-13(2)21(35)43-16-10-15(33)28-11-41-18-19(28)29(16,12-42-23(28)36)22-26(3,20(18)34)32(46-31(22,38)24(37)39-5)17-9-14-27(32,4)45-30(14)7-8-40-25(30)44-17/h6-8,14-20,22,25,33-34,38H,9-12H2,1-5H3/b13-6+/t14-,15-,16+,17-,18+,19+,20-,22+,25+,26-,27-,28-,29+,30+,31-,32+/m1/s1. The number of allylic oxidation sites excluding steroid dienone is 1. The third-order valence-electron chi connectivity index (χ3n) is 13.9. The molecule has 0 amide bonds. The van der Waals surface area contributed by atoms with Crippen LogP contribution in [0.5, 0.6) is 0 Å². The molecule has 0 radical (unpaired) electrons. The smallest absolute Gasteiger partial charge is 0.366 e. The maximum absolute atomic E-state index is 14.0. The molecule has 46 heavy (non-hydrogen) atoms. The Labute approximate surface area is 263 Å². The topological polar surface area (TPSA) is 186 Å². The Morgan fingerprint density at radius 1 is 1.13 bits per heavy atom. The Hall–Kier alpha value is -2.59. The van der Waals surface area contributed by atoms with Crippen LogP contribution in [-0.4, -0.2) is 113 Å². The average molecular weight is 647 g/mol. The molecule has 14 heteroatoms. The van der Waals surface area contributed by atoms with E-state index in [0.717, 1.165) is 7.11 Å². The number of hydrogen-bond donors (Lipinski definition) is 3. The van der Waals surface area contributed by atoms with E-state index in [1.807, 2.05) is 6.92 Å². The summed E-state index contributed by atoms with van der Waals surface area (Å²) in [5.74, 6) is -8.12. The van der Waals surface area contributed by atoms with Crippen molar-refractivity contribution in [1.82, 2.24) is 0 Å². The van der Waals surface area contributed by atoms with Gasteiger partial charge in [0.05, 0.1) is 49.8 Å². The van der Waals surface area contributed by atoms with Gasteiger partial charge in [0.1, 0.15) is 29.3 Å². The number of rotatable bonds is 3. The number of fused-ring (bicyclic) bond motifs is 5. The van der Waals surface area contributed by atoms with Crippen LogP contribution in [0.1, 0.15) is 40.5 Å². The van der Waals surface area contributed by atoms with Gasteiger partial charge in [0.15, 0.2) is 5.60 Å². The van der Waals surface area contributed by atoms with E-state index in [1.165, 1.54) is 6.26 Å². The molecule has 8 fully saturated rings. The summed E-state index contributed by atoms with van der Waals surface area (Å²) in [7, 11) is 1.11. The molecule has 6 aliphatic heterocycles. The van der Waals surface area contributed by atoms with Gasteiger partial charge in [0.2, 0.25) is 6.29 Å². The van der Waals surface area contributed by atoms with Crippen LogP contribution in [0.4, 0.5) is 0 Å². The third kappa shape index (κ3) is 2.56. The highest BCUT2D eigenvalue weighted by molar-refractivity contribution is 5.88. The van der Waals surface area contributed by atoms with E-state index in [9.17, 15) is 29.7 Å². The lowest BCUT2D eigenvalue weighted by Crippen LogP contribution is -2.82. The lowest BCUT2D eigenvalue weighted by Gasteiger charge is -2.69. The molecule has 3 saturated carbocycles. The fourth-order valence-electron chi connectivity index (χ4n) is 12.3. The van der Waals surface area contributed by atoms with Crippen molar-refractivity contribution in [3.8, 4) is 0 Å². The van der Waals surface area contributed by atoms with Gasteiger partial charge in [-0.1, -0.05) is 13.0 Å². The summed E-state index contributed by atoms with van der Waals surface area (Å²) < 4.78 is 49.4. The lowest BCUT2D eigenvalue weighted by molar-refractivity contribution is -0.376. The highest BCUT2D eigenvalue weighted by atomic mass is 16.8. The van der Waals surface area contributed by atoms with Gasteiger partial charge < -0.3 is 53.2 Å². The van der Waals surface area contributed by atoms with Gasteiger partial charge in [-0.15, -0.1) is 0 Å². The van der Waals surface area contributed by atoms with Crippen molar-refractivity contribution in [1.29, 1.82) is 0 Å². The third-order valence-corrected chi connectivity index (χ3v) is 13.9. The van der Waals surface area contributed by atoms with Crippen LogP contribution in [0.2, 0.25) is 0 Å². The lowest BCUT2D eigenvalue weighted by atomic mass is 9.36. The highest BCUT2D eigenvalue weighted by Crippen LogP contribution is 2.83. The number of ether oxygens (including phenoxy) is 8. The van der Waals surface area contributed by atoms with Gasteiger partial charge >= 0.3 is 17.9 Å². The van der Waals surface area contributed by atoms with Gasteiger partial charge in [-0.2, -0.15) is 0 Å². The summed E-state index contributed by atoms with van der Waals surface area (Å²) in [6.45, 7) is 6.06. The zero-order valence-electron chi connectivity index (χ0n) is 26.1. The number of methoxy groups -OCH3 is 1. The van der Waals surface area contributed by atoms with Crippen LogP contribution >= 0.6 is 0 Å². The predicted molar refractivity (Wildman–Crippen MR) is 147 cm³/mol. The molecular weight excluding hydrogens is 608 g/mol. The largest absolute Gasteiger partial charge is 0.469 e. The zero-order valence-corrected chi connectivity index (χ0v) is 26.1. The zero-order chi connectivity index (χ0) is 32.6. The molecule has 16 atom stereocenters. The molecule has 2 spiro atoms. The molecule has 9 rings (SSSR count). The Kier molecular flexibility index (Phi) is 5.35. The van der Waals surface area contributed by atoms with E-state index < -0.39 is 112 Å². The van der Waals surface area contributed by atoms with Crippen molar-refractivity contribution < 1.29 is 67.6 Å². The van der Waals surface area contributed by atoms with Gasteiger partial charge in [0, 0.05) is 35.2 Å². The molecule has 0 aromatic carbocycles. The molecule has 5 saturated heterocycles. The molecule has 3 aliphatic carbocycles. The number of aliphatic hydroxyl groups excluding tert-OH is 2. The maximum Gasteiger partial charge on any atom is 0.366 e. The molecule has 14 nitrogen and oxygen atoms in total. The average Bonchev–Trinajstić information content (AvgIpc) is 3.73. The Bertz CT molecular complexity index is 1540. The van der Waals surface area contributed by atoms with E-state index in [4.69, 9.17) is 37.9 Å². The van der Waals surface area contributed by atoms with Crippen molar-refractivity contribution in [2.75, 3.05) is 20.3 Å². The Morgan fingerprint density at radius 3 is 2.61 bits per heavy atom. The molecule has 9 aliphatic rings. The number of hydrogen-bond acceptors (Lipinski definition) is 14. The Balaban J connectivity index is 1.32. The van der Waals surface area contributed by atoms with Gasteiger partial charge in [-0.25, -0.2) is 9.59 Å². The van der Waals surface area contributed by atoms with Crippen LogP contribution in [0.25, 0.3) is 0 Å². The summed E-state index contributed by atoms with van der Waals surface area (Å²) in [5, 5.41) is 37.2. The van der Waals surface area contributed by atoms with Crippen molar-refractivity contribution in [3.05, 3.63) is 24.0 Å². The monoisotopic (exact) mass is 646 g/mol. The van der Waals surface area contributed by atoms with Crippen molar-refractivity contribution >= 4 is 17.9 Å². The second-order valence-corrected chi connectivity index (χ2v) is 15.0. The van der Waals surface area contributed by atoms with Crippen molar-refractivity contribution in [3.63, 3.8) is 0 Å². The normalized spacial score (nSPS) is 59.6. The summed E-state index contributed by atoms with van der Waals surface area (Å²) in [4.78, 5) is 41.1. The SMILES string of the molecule is C/C=C(\C)C(=O)O[C@H]1C[C@@H](O)[C@@]23CO[C@@H]4[C@@H](O)[C@]5(C)[C@@H]([C@]1(COC2=O)[C@@H]43)[C@](O)(C(=O)OC)O[C@@]51[C@H]2C[C@H]3[C@]4(C=CO[C@H]4O2)O[C@]31C. The number of cyclic esters (lactones) is 1. The predicted octanol–water partition coefficient (Wildman–Crippen LogP) is -0.382. The summed E-state index contributed by atoms with van der Waals surface area (Å²) in [6.07, 6.45) is -1.84. The van der Waals surface area contributed by atoms with Crippen LogP contribution in [0.15, 0.2) is 24.0 Å². The van der Waals surface area contributed by atoms with Crippen LogP contribution in [-0.2, 0) is 52.3 Å². The van der Waals surface area contributed by atoms with Crippen LogP contribution in [0.3, 0.4) is 0 Å². The maximum atomic E-state index is 14.0. The van der Waals surface area contributed by atoms with Gasteiger partial charge in [-0.3, -0.25) is 4.79 Å².